The van der Waals surface area contributed by atoms with Crippen LogP contribution in [0.25, 0.3) is 10.9 Å². The smallest absolute Gasteiger partial charge is 0.337 e. The van der Waals surface area contributed by atoms with Crippen molar-refractivity contribution in [1.82, 2.24) is 14.4 Å². The first-order valence-electron chi connectivity index (χ1n) is 12.8. The highest BCUT2D eigenvalue weighted by atomic mass is 19.3. The summed E-state index contributed by atoms with van der Waals surface area (Å²) in [5.41, 5.74) is 4.78. The van der Waals surface area contributed by atoms with Gasteiger partial charge in [-0.2, -0.15) is 0 Å². The summed E-state index contributed by atoms with van der Waals surface area (Å²) < 4.78 is 39.6. The van der Waals surface area contributed by atoms with E-state index in [1.165, 1.54) is 18.0 Å². The molecule has 3 aromatic rings. The zero-order chi connectivity index (χ0) is 26.3. The minimum absolute atomic E-state index is 0.0935. The maximum Gasteiger partial charge on any atom is 0.337 e. The molecular formula is C29H35F2N3O3. The van der Waals surface area contributed by atoms with Crippen LogP contribution in [-0.2, 0) is 23.9 Å². The summed E-state index contributed by atoms with van der Waals surface area (Å²) in [7, 11) is 5.14. The van der Waals surface area contributed by atoms with Crippen LogP contribution in [0.2, 0.25) is 0 Å². The van der Waals surface area contributed by atoms with Gasteiger partial charge < -0.3 is 14.0 Å². The molecule has 2 fully saturated rings. The van der Waals surface area contributed by atoms with Crippen molar-refractivity contribution >= 4 is 16.9 Å². The molecule has 2 aliphatic heterocycles. The molecule has 198 valence electrons. The number of methoxy groups -OCH3 is 2. The lowest BCUT2D eigenvalue weighted by molar-refractivity contribution is -0.0731. The second kappa shape index (κ2) is 10.1. The van der Waals surface area contributed by atoms with Crippen LogP contribution in [0.5, 0.6) is 5.75 Å². The molecule has 2 unspecified atom stereocenters. The molecule has 2 aromatic carbocycles. The molecule has 0 aliphatic carbocycles. The van der Waals surface area contributed by atoms with Crippen molar-refractivity contribution in [1.29, 1.82) is 0 Å². The summed E-state index contributed by atoms with van der Waals surface area (Å²) in [5, 5.41) is 1.17. The summed E-state index contributed by atoms with van der Waals surface area (Å²) in [6, 6.07) is 12.0. The molecule has 0 amide bonds. The maximum atomic E-state index is 13.3. The number of halogens is 2. The molecule has 0 saturated carbocycles. The van der Waals surface area contributed by atoms with E-state index in [1.54, 1.807) is 7.11 Å². The Balaban J connectivity index is 1.56. The van der Waals surface area contributed by atoms with Crippen LogP contribution in [-0.4, -0.2) is 66.7 Å². The molecule has 2 aliphatic rings. The van der Waals surface area contributed by atoms with E-state index in [-0.39, 0.29) is 24.1 Å². The third-order valence-corrected chi connectivity index (χ3v) is 8.44. The van der Waals surface area contributed by atoms with Gasteiger partial charge in [0.15, 0.2) is 0 Å². The van der Waals surface area contributed by atoms with Gasteiger partial charge >= 0.3 is 5.97 Å². The summed E-state index contributed by atoms with van der Waals surface area (Å²) >= 11 is 0. The number of carbonyl (C=O) groups is 1. The Morgan fingerprint density at radius 1 is 1.16 bits per heavy atom. The molecule has 2 bridgehead atoms. The number of aromatic nitrogens is 1. The number of aryl methyl sites for hydroxylation is 2. The predicted molar refractivity (Wildman–Crippen MR) is 139 cm³/mol. The van der Waals surface area contributed by atoms with Gasteiger partial charge in [-0.05, 0) is 61.6 Å². The Kier molecular flexibility index (Phi) is 6.98. The average Bonchev–Trinajstić information content (AvgIpc) is 3.29. The Morgan fingerprint density at radius 2 is 1.92 bits per heavy atom. The first-order valence-corrected chi connectivity index (χ1v) is 12.8. The summed E-state index contributed by atoms with van der Waals surface area (Å²) in [6.07, 6.45) is 2.08. The maximum absolute atomic E-state index is 13.3. The molecule has 0 radical (unpaired) electrons. The highest BCUT2D eigenvalue weighted by molar-refractivity contribution is 5.89. The molecule has 1 aromatic heterocycles. The number of ether oxygens (including phenoxy) is 2. The lowest BCUT2D eigenvalue weighted by atomic mass is 9.72. The SMILES string of the molecule is COC(=O)c1ccc(C23CCN(CC(F)F)C(CCN2Cc2c(OC)cc(C)c4c2ccn4C)C3)cc1. The van der Waals surface area contributed by atoms with Crippen LogP contribution >= 0.6 is 0 Å². The van der Waals surface area contributed by atoms with E-state index >= 15 is 0 Å². The fourth-order valence-electron chi connectivity index (χ4n) is 6.63. The van der Waals surface area contributed by atoms with Crippen LogP contribution in [0.4, 0.5) is 8.78 Å². The first-order chi connectivity index (χ1) is 17.8. The molecule has 37 heavy (non-hydrogen) atoms. The van der Waals surface area contributed by atoms with Gasteiger partial charge in [-0.3, -0.25) is 9.80 Å². The van der Waals surface area contributed by atoms with E-state index in [9.17, 15) is 13.6 Å². The van der Waals surface area contributed by atoms with Gasteiger partial charge in [-0.15, -0.1) is 0 Å². The van der Waals surface area contributed by atoms with Gasteiger partial charge in [0.1, 0.15) is 5.75 Å². The highest BCUT2D eigenvalue weighted by Gasteiger charge is 2.49. The molecule has 0 N–H and O–H groups in total. The minimum atomic E-state index is -2.34. The van der Waals surface area contributed by atoms with Crippen molar-refractivity contribution in [3.63, 3.8) is 0 Å². The number of fused-ring (bicyclic) bond motifs is 3. The lowest BCUT2D eigenvalue weighted by Crippen LogP contribution is -2.61. The van der Waals surface area contributed by atoms with Gasteiger partial charge in [0.2, 0.25) is 0 Å². The number of carbonyl (C=O) groups excluding carboxylic acids is 1. The number of piperidine rings is 2. The Morgan fingerprint density at radius 3 is 2.59 bits per heavy atom. The Bertz CT molecular complexity index is 1290. The molecule has 5 rings (SSSR count). The normalized spacial score (nSPS) is 22.5. The summed E-state index contributed by atoms with van der Waals surface area (Å²) in [4.78, 5) is 16.5. The van der Waals surface area contributed by atoms with Gasteiger partial charge in [-0.1, -0.05) is 12.1 Å². The Labute approximate surface area is 216 Å². The largest absolute Gasteiger partial charge is 0.496 e. The molecule has 3 heterocycles. The van der Waals surface area contributed by atoms with Crippen LogP contribution in [0.1, 0.15) is 46.3 Å². The second-order valence-electron chi connectivity index (χ2n) is 10.4. The third-order valence-electron chi connectivity index (χ3n) is 8.44. The van der Waals surface area contributed by atoms with Crippen molar-refractivity contribution < 1.29 is 23.0 Å². The van der Waals surface area contributed by atoms with Crippen molar-refractivity contribution in [2.45, 2.75) is 50.7 Å². The molecular weight excluding hydrogens is 476 g/mol. The summed E-state index contributed by atoms with van der Waals surface area (Å²) in [5.74, 6) is 0.495. The van der Waals surface area contributed by atoms with Crippen LogP contribution in [0.15, 0.2) is 42.6 Å². The van der Waals surface area contributed by atoms with E-state index < -0.39 is 6.43 Å². The molecule has 8 heteroatoms. The van der Waals surface area contributed by atoms with Crippen LogP contribution < -0.4 is 4.74 Å². The van der Waals surface area contributed by atoms with Crippen LogP contribution in [0.3, 0.4) is 0 Å². The van der Waals surface area contributed by atoms with Crippen molar-refractivity contribution in [2.75, 3.05) is 33.9 Å². The first kappa shape index (κ1) is 25.7. The minimum Gasteiger partial charge on any atom is -0.496 e. The average molecular weight is 512 g/mol. The highest BCUT2D eigenvalue weighted by Crippen LogP contribution is 2.47. The number of hydrogen-bond acceptors (Lipinski definition) is 5. The molecule has 0 spiro atoms. The van der Waals surface area contributed by atoms with E-state index in [0.717, 1.165) is 48.2 Å². The monoisotopic (exact) mass is 511 g/mol. The number of nitrogens with zero attached hydrogens (tertiary/aromatic N) is 3. The number of hydrogen-bond donors (Lipinski definition) is 0. The second-order valence-corrected chi connectivity index (χ2v) is 10.4. The van der Waals surface area contributed by atoms with Crippen molar-refractivity contribution in [3.05, 3.63) is 64.8 Å². The van der Waals surface area contributed by atoms with Gasteiger partial charge in [0, 0.05) is 55.4 Å². The number of benzene rings is 2. The van der Waals surface area contributed by atoms with E-state index in [4.69, 9.17) is 9.47 Å². The van der Waals surface area contributed by atoms with E-state index in [2.05, 4.69) is 41.8 Å². The molecule has 2 saturated heterocycles. The van der Waals surface area contributed by atoms with E-state index in [1.807, 2.05) is 29.2 Å². The fourth-order valence-corrected chi connectivity index (χ4v) is 6.63. The zero-order valence-electron chi connectivity index (χ0n) is 22.0. The number of likely N-dealkylation sites (tertiary alicyclic amines) is 2. The quantitative estimate of drug-likeness (QED) is 0.413. The molecule has 2 atom stereocenters. The molecule has 6 nitrogen and oxygen atoms in total. The van der Waals surface area contributed by atoms with Gasteiger partial charge in [0.05, 0.1) is 31.8 Å². The fraction of sp³-hybridized carbons (Fsp3) is 0.483. The van der Waals surface area contributed by atoms with E-state index in [0.29, 0.717) is 18.7 Å². The van der Waals surface area contributed by atoms with Gasteiger partial charge in [-0.25, -0.2) is 13.6 Å². The topological polar surface area (TPSA) is 46.9 Å². The predicted octanol–water partition coefficient (Wildman–Crippen LogP) is 5.11. The third kappa shape index (κ3) is 4.50. The number of alkyl halides is 2. The lowest BCUT2D eigenvalue weighted by Gasteiger charge is -2.56. The Hall–Kier alpha value is -2.97. The summed E-state index contributed by atoms with van der Waals surface area (Å²) in [6.45, 7) is 4.00. The van der Waals surface area contributed by atoms with Crippen molar-refractivity contribution in [3.8, 4) is 5.75 Å². The number of esters is 1. The van der Waals surface area contributed by atoms with Gasteiger partial charge in [0.25, 0.3) is 6.43 Å². The van der Waals surface area contributed by atoms with Crippen LogP contribution in [0, 0.1) is 6.92 Å². The zero-order valence-corrected chi connectivity index (χ0v) is 22.0. The van der Waals surface area contributed by atoms with Crippen molar-refractivity contribution in [2.24, 2.45) is 7.05 Å². The number of rotatable bonds is 7. The standard InChI is InChI=1S/C29H35F2N3O3/c1-19-15-25(36-3)24(23-10-12-32(2)27(19)23)17-34-13-9-22-16-29(34,11-14-33(22)18-26(30)31)21-7-5-20(6-8-21)28(35)37-4/h5-8,10,12,15,22,26H,9,11,13-14,16-18H2,1-4H3.